The van der Waals surface area contributed by atoms with Crippen LogP contribution in [0.1, 0.15) is 13.3 Å². The van der Waals surface area contributed by atoms with Crippen molar-refractivity contribution in [2.45, 2.75) is 18.2 Å². The second kappa shape index (κ2) is 4.87. The molecule has 0 aliphatic heterocycles. The van der Waals surface area contributed by atoms with Crippen LogP contribution in [0.3, 0.4) is 0 Å². The number of benzene rings is 1. The Hall–Kier alpha value is -1.03. The van der Waals surface area contributed by atoms with Gasteiger partial charge in [0.1, 0.15) is 5.75 Å². The number of hydrogen-bond acceptors (Lipinski definition) is 3. The highest BCUT2D eigenvalue weighted by molar-refractivity contribution is 7.72. The summed E-state index contributed by atoms with van der Waals surface area (Å²) >= 11 is 0. The fraction of sp³-hybridized carbons (Fsp3) is 0.333. The first kappa shape index (κ1) is 10.1. The molecule has 0 aliphatic carbocycles. The van der Waals surface area contributed by atoms with Crippen LogP contribution >= 0.6 is 0 Å². The maximum Gasteiger partial charge on any atom is 0.168 e. The topological polar surface area (TPSA) is 43.4 Å². The van der Waals surface area contributed by atoms with E-state index in [-0.39, 0.29) is 0 Å². The van der Waals surface area contributed by atoms with Crippen molar-refractivity contribution < 1.29 is 13.2 Å². The lowest BCUT2D eigenvalue weighted by Crippen LogP contribution is -1.94. The molecule has 1 aromatic carbocycles. The lowest BCUT2D eigenvalue weighted by atomic mass is 10.3. The normalized spacial score (nSPS) is 10.3. The Morgan fingerprint density at radius 2 is 1.85 bits per heavy atom. The Labute approximate surface area is 79.3 Å². The fourth-order valence-electron chi connectivity index (χ4n) is 0.884. The number of ether oxygens (including phenoxy) is 1. The molecule has 0 amide bonds. The lowest BCUT2D eigenvalue weighted by Gasteiger charge is -2.03. The molecule has 13 heavy (non-hydrogen) atoms. The van der Waals surface area contributed by atoms with Crippen molar-refractivity contribution in [1.29, 1.82) is 0 Å². The van der Waals surface area contributed by atoms with Gasteiger partial charge in [-0.25, -0.2) is 8.42 Å². The molecular weight excluding hydrogens is 188 g/mol. The Bertz CT molecular complexity index is 319. The molecule has 0 radical (unpaired) electrons. The van der Waals surface area contributed by atoms with Crippen molar-refractivity contribution in [2.24, 2.45) is 0 Å². The molecule has 0 fully saturated rings. The maximum atomic E-state index is 10.5. The molecule has 0 unspecified atom stereocenters. The first-order valence-corrected chi connectivity index (χ1v) is 5.29. The van der Waals surface area contributed by atoms with Crippen LogP contribution < -0.4 is 4.74 Å². The van der Waals surface area contributed by atoms with Gasteiger partial charge in [0.15, 0.2) is 10.7 Å². The van der Waals surface area contributed by atoms with E-state index in [0.29, 0.717) is 17.3 Å². The zero-order valence-corrected chi connectivity index (χ0v) is 8.29. The molecule has 1 rings (SSSR count). The standard InChI is InChI=1S/C9H12O3S/c1-2-7-12-8-3-5-9(6-4-8)13(10)11/h3-6,13H,2,7H2,1H3. The van der Waals surface area contributed by atoms with Crippen LogP contribution in [-0.2, 0) is 10.7 Å². The molecule has 0 saturated carbocycles. The monoisotopic (exact) mass is 200 g/mol. The minimum atomic E-state index is -2.48. The van der Waals surface area contributed by atoms with Crippen molar-refractivity contribution >= 4 is 10.7 Å². The minimum absolute atomic E-state index is 0.318. The van der Waals surface area contributed by atoms with Crippen LogP contribution in [0.15, 0.2) is 29.2 Å². The second-order valence-electron chi connectivity index (χ2n) is 2.60. The van der Waals surface area contributed by atoms with Gasteiger partial charge in [-0.2, -0.15) is 0 Å². The summed E-state index contributed by atoms with van der Waals surface area (Å²) in [5.41, 5.74) is 0. The van der Waals surface area contributed by atoms with Crippen molar-refractivity contribution in [2.75, 3.05) is 6.61 Å². The van der Waals surface area contributed by atoms with Gasteiger partial charge in [0, 0.05) is 0 Å². The van der Waals surface area contributed by atoms with Gasteiger partial charge in [-0.15, -0.1) is 0 Å². The third-order valence-corrected chi connectivity index (χ3v) is 2.24. The average Bonchev–Trinajstić information content (AvgIpc) is 2.15. The molecule has 0 aromatic heterocycles. The number of thiol groups is 1. The Morgan fingerprint density at radius 3 is 2.31 bits per heavy atom. The highest BCUT2D eigenvalue weighted by atomic mass is 32.2. The van der Waals surface area contributed by atoms with E-state index in [1.165, 1.54) is 12.1 Å². The molecule has 0 spiro atoms. The summed E-state index contributed by atoms with van der Waals surface area (Å²) in [5, 5.41) is 0. The van der Waals surface area contributed by atoms with Crippen molar-refractivity contribution in [3.8, 4) is 5.75 Å². The van der Waals surface area contributed by atoms with Crippen LogP contribution in [0.5, 0.6) is 5.75 Å². The van der Waals surface area contributed by atoms with Gasteiger partial charge in [-0.3, -0.25) is 0 Å². The van der Waals surface area contributed by atoms with Gasteiger partial charge >= 0.3 is 0 Å². The van der Waals surface area contributed by atoms with Gasteiger partial charge in [0.25, 0.3) is 0 Å². The maximum absolute atomic E-state index is 10.5. The van der Waals surface area contributed by atoms with E-state index in [0.717, 1.165) is 6.42 Å². The molecule has 0 aliphatic rings. The van der Waals surface area contributed by atoms with Gasteiger partial charge in [-0.1, -0.05) is 6.92 Å². The van der Waals surface area contributed by atoms with Crippen LogP contribution in [0.2, 0.25) is 0 Å². The van der Waals surface area contributed by atoms with Gasteiger partial charge < -0.3 is 4.74 Å². The van der Waals surface area contributed by atoms with E-state index in [2.05, 4.69) is 0 Å². The predicted octanol–water partition coefficient (Wildman–Crippen LogP) is 1.45. The highest BCUT2D eigenvalue weighted by Crippen LogP contribution is 2.12. The summed E-state index contributed by atoms with van der Waals surface area (Å²) in [6.45, 7) is 2.67. The van der Waals surface area contributed by atoms with E-state index >= 15 is 0 Å². The molecule has 4 heteroatoms. The molecule has 3 nitrogen and oxygen atoms in total. The van der Waals surface area contributed by atoms with E-state index in [1.807, 2.05) is 6.92 Å². The Balaban J connectivity index is 2.69. The summed E-state index contributed by atoms with van der Waals surface area (Å²) in [5.74, 6) is 0.711. The van der Waals surface area contributed by atoms with Crippen molar-refractivity contribution in [1.82, 2.24) is 0 Å². The summed E-state index contributed by atoms with van der Waals surface area (Å²) < 4.78 is 26.3. The molecule has 1 aromatic rings. The molecular formula is C9H12O3S. The molecule has 72 valence electrons. The number of hydrogen-bond donors (Lipinski definition) is 1. The van der Waals surface area contributed by atoms with E-state index in [4.69, 9.17) is 4.74 Å². The largest absolute Gasteiger partial charge is 0.494 e. The third kappa shape index (κ3) is 3.06. The lowest BCUT2D eigenvalue weighted by molar-refractivity contribution is 0.317. The molecule has 0 saturated heterocycles. The summed E-state index contributed by atoms with van der Waals surface area (Å²) in [6.07, 6.45) is 0.942. The molecule has 0 heterocycles. The summed E-state index contributed by atoms with van der Waals surface area (Å²) in [4.78, 5) is 0.318. The summed E-state index contributed by atoms with van der Waals surface area (Å²) in [6, 6.07) is 6.40. The zero-order chi connectivity index (χ0) is 9.68. The SMILES string of the molecule is CCCOc1ccc([SH](=O)=O)cc1. The van der Waals surface area contributed by atoms with Crippen LogP contribution in [-0.4, -0.2) is 15.0 Å². The van der Waals surface area contributed by atoms with E-state index in [1.54, 1.807) is 12.1 Å². The van der Waals surface area contributed by atoms with E-state index < -0.39 is 10.7 Å². The first-order valence-electron chi connectivity index (χ1n) is 4.11. The van der Waals surface area contributed by atoms with Crippen molar-refractivity contribution in [3.05, 3.63) is 24.3 Å². The van der Waals surface area contributed by atoms with Crippen LogP contribution in [0.4, 0.5) is 0 Å². The Morgan fingerprint density at radius 1 is 1.23 bits per heavy atom. The zero-order valence-electron chi connectivity index (χ0n) is 7.40. The smallest absolute Gasteiger partial charge is 0.168 e. The highest BCUT2D eigenvalue weighted by Gasteiger charge is 1.95. The molecule has 0 atom stereocenters. The predicted molar refractivity (Wildman–Crippen MR) is 50.8 cm³/mol. The minimum Gasteiger partial charge on any atom is -0.494 e. The quantitative estimate of drug-likeness (QED) is 0.748. The number of rotatable bonds is 4. The van der Waals surface area contributed by atoms with Gasteiger partial charge in [0.2, 0.25) is 0 Å². The first-order chi connectivity index (χ1) is 6.24. The molecule has 0 bridgehead atoms. The average molecular weight is 200 g/mol. The van der Waals surface area contributed by atoms with Crippen LogP contribution in [0.25, 0.3) is 0 Å². The Kier molecular flexibility index (Phi) is 3.76. The third-order valence-electron chi connectivity index (χ3n) is 1.52. The molecule has 0 N–H and O–H groups in total. The van der Waals surface area contributed by atoms with Crippen LogP contribution in [0, 0.1) is 0 Å². The van der Waals surface area contributed by atoms with Gasteiger partial charge in [-0.05, 0) is 30.7 Å². The summed E-state index contributed by atoms with van der Waals surface area (Å²) in [7, 11) is -2.48. The second-order valence-corrected chi connectivity index (χ2v) is 3.63. The van der Waals surface area contributed by atoms with Crippen molar-refractivity contribution in [3.63, 3.8) is 0 Å². The fourth-order valence-corrected chi connectivity index (χ4v) is 1.28. The van der Waals surface area contributed by atoms with Gasteiger partial charge in [0.05, 0.1) is 11.5 Å². The van der Waals surface area contributed by atoms with E-state index in [9.17, 15) is 8.42 Å².